The number of hydrogen-bond donors (Lipinski definition) is 1. The highest BCUT2D eigenvalue weighted by Crippen LogP contribution is 2.17. The van der Waals surface area contributed by atoms with Crippen LogP contribution in [-0.4, -0.2) is 42.9 Å². The van der Waals surface area contributed by atoms with Gasteiger partial charge < -0.3 is 19.0 Å². The minimum absolute atomic E-state index is 0.249. The number of methoxy groups -OCH3 is 1. The molecule has 1 heterocycles. The molecule has 0 amide bonds. The average molecular weight is 333 g/mol. The van der Waals surface area contributed by atoms with E-state index in [0.29, 0.717) is 19.0 Å². The lowest BCUT2D eigenvalue weighted by molar-refractivity contribution is 0.0591. The molecule has 1 N–H and O–H groups in total. The van der Waals surface area contributed by atoms with Crippen molar-refractivity contribution >= 4 is 0 Å². The Morgan fingerprint density at radius 2 is 1.79 bits per heavy atom. The fraction of sp³-hybridized carbons (Fsp3) is 0.474. The normalized spacial score (nSPS) is 12.6. The summed E-state index contributed by atoms with van der Waals surface area (Å²) in [5.74, 6) is 2.91. The van der Waals surface area contributed by atoms with Gasteiger partial charge in [-0.3, -0.25) is 4.90 Å². The molecule has 0 radical (unpaired) electrons. The molecule has 0 saturated carbocycles. The Labute approximate surface area is 143 Å². The van der Waals surface area contributed by atoms with Crippen molar-refractivity contribution in [2.45, 2.75) is 26.5 Å². The molecule has 5 nitrogen and oxygen atoms in total. The second-order valence-electron chi connectivity index (χ2n) is 6.31. The molecule has 0 saturated heterocycles. The molecular formula is C19H27NO4. The van der Waals surface area contributed by atoms with E-state index in [2.05, 4.69) is 18.7 Å². The van der Waals surface area contributed by atoms with Crippen LogP contribution in [-0.2, 0) is 6.54 Å². The second kappa shape index (κ2) is 9.35. The average Bonchev–Trinajstić information content (AvgIpc) is 3.05. The molecule has 1 aromatic carbocycles. The lowest BCUT2D eigenvalue weighted by Gasteiger charge is -2.26. The van der Waals surface area contributed by atoms with Crippen LogP contribution in [0.2, 0.25) is 0 Å². The fourth-order valence-corrected chi connectivity index (χ4v) is 2.56. The van der Waals surface area contributed by atoms with E-state index in [-0.39, 0.29) is 6.61 Å². The van der Waals surface area contributed by atoms with E-state index in [9.17, 15) is 5.11 Å². The molecule has 1 atom stereocenters. The Hall–Kier alpha value is -1.98. The van der Waals surface area contributed by atoms with Crippen LogP contribution in [0.4, 0.5) is 0 Å². The van der Waals surface area contributed by atoms with Gasteiger partial charge in [0.1, 0.15) is 30.0 Å². The van der Waals surface area contributed by atoms with Gasteiger partial charge in [0, 0.05) is 13.1 Å². The monoisotopic (exact) mass is 333 g/mol. The van der Waals surface area contributed by atoms with Gasteiger partial charge in [-0.15, -0.1) is 0 Å². The highest BCUT2D eigenvalue weighted by Gasteiger charge is 2.15. The van der Waals surface area contributed by atoms with Crippen LogP contribution < -0.4 is 9.47 Å². The van der Waals surface area contributed by atoms with Gasteiger partial charge in [0.25, 0.3) is 0 Å². The number of benzene rings is 1. The summed E-state index contributed by atoms with van der Waals surface area (Å²) in [5, 5.41) is 10.3. The Kier molecular flexibility index (Phi) is 7.15. The summed E-state index contributed by atoms with van der Waals surface area (Å²) in [7, 11) is 1.63. The van der Waals surface area contributed by atoms with Crippen molar-refractivity contribution in [3.05, 3.63) is 48.4 Å². The van der Waals surface area contributed by atoms with Crippen molar-refractivity contribution in [3.63, 3.8) is 0 Å². The molecule has 0 aliphatic rings. The second-order valence-corrected chi connectivity index (χ2v) is 6.31. The third-order valence-corrected chi connectivity index (χ3v) is 3.55. The molecule has 1 aromatic heterocycles. The molecule has 0 fully saturated rings. The molecule has 0 aliphatic carbocycles. The van der Waals surface area contributed by atoms with Crippen molar-refractivity contribution in [1.82, 2.24) is 4.90 Å². The molecule has 2 aromatic rings. The number of nitrogens with zero attached hydrogens (tertiary/aromatic N) is 1. The Morgan fingerprint density at radius 1 is 1.08 bits per heavy atom. The Balaban J connectivity index is 1.83. The van der Waals surface area contributed by atoms with E-state index in [1.165, 1.54) is 0 Å². The molecule has 132 valence electrons. The Morgan fingerprint density at radius 3 is 2.38 bits per heavy atom. The van der Waals surface area contributed by atoms with Crippen molar-refractivity contribution in [2.75, 3.05) is 26.8 Å². The zero-order valence-corrected chi connectivity index (χ0v) is 14.6. The smallest absolute Gasteiger partial charge is 0.119 e. The van der Waals surface area contributed by atoms with Crippen LogP contribution in [0.1, 0.15) is 19.6 Å². The predicted octanol–water partition coefficient (Wildman–Crippen LogP) is 3.19. The van der Waals surface area contributed by atoms with Crippen LogP contribution in [0, 0.1) is 5.92 Å². The number of furan rings is 1. The van der Waals surface area contributed by atoms with E-state index in [4.69, 9.17) is 13.9 Å². The van der Waals surface area contributed by atoms with Crippen molar-refractivity contribution in [2.24, 2.45) is 5.92 Å². The van der Waals surface area contributed by atoms with Crippen LogP contribution >= 0.6 is 0 Å². The van der Waals surface area contributed by atoms with Gasteiger partial charge in [-0.2, -0.15) is 0 Å². The minimum Gasteiger partial charge on any atom is -0.497 e. The lowest BCUT2D eigenvalue weighted by atomic mass is 10.2. The molecule has 0 aliphatic heterocycles. The maximum atomic E-state index is 10.3. The van der Waals surface area contributed by atoms with Gasteiger partial charge >= 0.3 is 0 Å². The van der Waals surface area contributed by atoms with Crippen molar-refractivity contribution < 1.29 is 19.0 Å². The predicted molar refractivity (Wildman–Crippen MR) is 93.3 cm³/mol. The molecular weight excluding hydrogens is 306 g/mol. The first-order valence-electron chi connectivity index (χ1n) is 8.26. The zero-order valence-electron chi connectivity index (χ0n) is 14.6. The highest BCUT2D eigenvalue weighted by molar-refractivity contribution is 5.31. The summed E-state index contributed by atoms with van der Waals surface area (Å²) in [6.07, 6.45) is 1.10. The summed E-state index contributed by atoms with van der Waals surface area (Å²) in [6, 6.07) is 11.2. The Bertz CT molecular complexity index is 566. The van der Waals surface area contributed by atoms with E-state index in [1.54, 1.807) is 13.4 Å². The van der Waals surface area contributed by atoms with Gasteiger partial charge in [0.15, 0.2) is 0 Å². The first-order valence-corrected chi connectivity index (χ1v) is 8.26. The number of aliphatic hydroxyl groups is 1. The molecule has 24 heavy (non-hydrogen) atoms. The van der Waals surface area contributed by atoms with Crippen LogP contribution in [0.3, 0.4) is 0 Å². The van der Waals surface area contributed by atoms with Crippen molar-refractivity contribution in [3.8, 4) is 11.5 Å². The lowest BCUT2D eigenvalue weighted by Crippen LogP contribution is -2.37. The van der Waals surface area contributed by atoms with E-state index >= 15 is 0 Å². The van der Waals surface area contributed by atoms with Crippen molar-refractivity contribution in [1.29, 1.82) is 0 Å². The SMILES string of the molecule is COc1ccc(OC[C@H](O)CN(Cc2ccco2)CC(C)C)cc1. The number of rotatable bonds is 10. The molecule has 5 heteroatoms. The first-order chi connectivity index (χ1) is 11.6. The van der Waals surface area contributed by atoms with Crippen LogP contribution in [0.5, 0.6) is 11.5 Å². The van der Waals surface area contributed by atoms with Gasteiger partial charge in [-0.05, 0) is 42.3 Å². The number of aliphatic hydroxyl groups excluding tert-OH is 1. The topological polar surface area (TPSA) is 55.1 Å². The third-order valence-electron chi connectivity index (χ3n) is 3.55. The largest absolute Gasteiger partial charge is 0.497 e. The maximum Gasteiger partial charge on any atom is 0.119 e. The molecule has 0 spiro atoms. The molecule has 0 bridgehead atoms. The fourth-order valence-electron chi connectivity index (χ4n) is 2.56. The zero-order chi connectivity index (χ0) is 17.4. The number of ether oxygens (including phenoxy) is 2. The van der Waals surface area contributed by atoms with Gasteiger partial charge in [0.2, 0.25) is 0 Å². The highest BCUT2D eigenvalue weighted by atomic mass is 16.5. The van der Waals surface area contributed by atoms with Gasteiger partial charge in [-0.1, -0.05) is 13.8 Å². The van der Waals surface area contributed by atoms with E-state index in [0.717, 1.165) is 23.8 Å². The number of hydrogen-bond acceptors (Lipinski definition) is 5. The maximum absolute atomic E-state index is 10.3. The summed E-state index contributed by atoms with van der Waals surface area (Å²) in [6.45, 7) is 6.68. The molecule has 2 rings (SSSR count). The third kappa shape index (κ3) is 6.26. The van der Waals surface area contributed by atoms with Crippen LogP contribution in [0.25, 0.3) is 0 Å². The van der Waals surface area contributed by atoms with E-state index in [1.807, 2.05) is 36.4 Å². The van der Waals surface area contributed by atoms with Gasteiger partial charge in [0.05, 0.1) is 19.9 Å². The summed E-state index contributed by atoms with van der Waals surface area (Å²) < 4.78 is 16.2. The summed E-state index contributed by atoms with van der Waals surface area (Å²) in [5.41, 5.74) is 0. The summed E-state index contributed by atoms with van der Waals surface area (Å²) >= 11 is 0. The first kappa shape index (κ1) is 18.4. The minimum atomic E-state index is -0.569. The molecule has 0 unspecified atom stereocenters. The quantitative estimate of drug-likeness (QED) is 0.724. The summed E-state index contributed by atoms with van der Waals surface area (Å²) in [4.78, 5) is 2.19. The van der Waals surface area contributed by atoms with Gasteiger partial charge in [-0.25, -0.2) is 0 Å². The van der Waals surface area contributed by atoms with E-state index < -0.39 is 6.10 Å². The van der Waals surface area contributed by atoms with Crippen LogP contribution in [0.15, 0.2) is 47.1 Å². The standard InChI is InChI=1S/C19H27NO4/c1-15(2)11-20(13-19-5-4-10-23-19)12-16(21)14-24-18-8-6-17(22-3)7-9-18/h4-10,15-16,21H,11-14H2,1-3H3/t16-/m1/s1.